The highest BCUT2D eigenvalue weighted by Gasteiger charge is 2.31. The molecule has 0 aliphatic carbocycles. The maximum Gasteiger partial charge on any atom is 0.416 e. The van der Waals surface area contributed by atoms with Crippen LogP contribution in [0.5, 0.6) is 0 Å². The summed E-state index contributed by atoms with van der Waals surface area (Å²) in [6.07, 6.45) is -5.11. The van der Waals surface area contributed by atoms with E-state index in [2.05, 4.69) is 5.10 Å². The zero-order valence-electron chi connectivity index (χ0n) is 17.9. The summed E-state index contributed by atoms with van der Waals surface area (Å²) < 4.78 is 53.6. The molecule has 3 aromatic rings. The molecule has 3 rings (SSSR count). The van der Waals surface area contributed by atoms with Crippen LogP contribution in [0.15, 0.2) is 42.5 Å². The Bertz CT molecular complexity index is 1200. The minimum Gasteiger partial charge on any atom is -0.383 e. The molecule has 1 aromatic heterocycles. The van der Waals surface area contributed by atoms with Gasteiger partial charge in [0.1, 0.15) is 28.7 Å². The molecular formula is C23H22F4N4O2. The first-order valence-electron chi connectivity index (χ1n) is 10.0. The van der Waals surface area contributed by atoms with Crippen molar-refractivity contribution in [3.63, 3.8) is 0 Å². The Balaban J connectivity index is 1.78. The quantitative estimate of drug-likeness (QED) is 0.510. The van der Waals surface area contributed by atoms with Gasteiger partial charge < -0.3 is 11.5 Å². The average molecular weight is 462 g/mol. The van der Waals surface area contributed by atoms with Gasteiger partial charge in [0, 0.05) is 24.4 Å². The number of aromatic nitrogens is 2. The number of Topliss-reactive ketones (excluding diaryl/α,β-unsaturated/α-hetero) is 1. The van der Waals surface area contributed by atoms with Crippen LogP contribution in [0.2, 0.25) is 0 Å². The Morgan fingerprint density at radius 2 is 1.64 bits per heavy atom. The number of halogens is 4. The number of amides is 1. The van der Waals surface area contributed by atoms with Gasteiger partial charge in [-0.2, -0.15) is 18.3 Å². The van der Waals surface area contributed by atoms with Gasteiger partial charge in [-0.05, 0) is 43.2 Å². The number of benzene rings is 2. The molecule has 0 atom stereocenters. The smallest absolute Gasteiger partial charge is 0.383 e. The highest BCUT2D eigenvalue weighted by Crippen LogP contribution is 2.31. The van der Waals surface area contributed by atoms with Crippen LogP contribution < -0.4 is 11.5 Å². The molecule has 0 unspecified atom stereocenters. The molecule has 0 spiro atoms. The second-order valence-corrected chi connectivity index (χ2v) is 7.95. The molecule has 0 saturated carbocycles. The summed E-state index contributed by atoms with van der Waals surface area (Å²) in [5.41, 5.74) is 11.9. The molecule has 0 saturated heterocycles. The van der Waals surface area contributed by atoms with Crippen molar-refractivity contribution < 1.29 is 27.2 Å². The molecule has 0 fully saturated rings. The van der Waals surface area contributed by atoms with Crippen molar-refractivity contribution in [1.82, 2.24) is 9.78 Å². The molecule has 33 heavy (non-hydrogen) atoms. The summed E-state index contributed by atoms with van der Waals surface area (Å²) in [7, 11) is 0. The van der Waals surface area contributed by atoms with Gasteiger partial charge in [0.25, 0.3) is 5.91 Å². The Morgan fingerprint density at radius 1 is 1.03 bits per heavy atom. The number of nitrogens with two attached hydrogens (primary N) is 2. The van der Waals surface area contributed by atoms with Crippen molar-refractivity contribution in [1.29, 1.82) is 0 Å². The number of rotatable bonds is 7. The molecule has 1 heterocycles. The number of carbonyl (C=O) groups excluding carboxylic acids is 2. The number of anilines is 1. The summed E-state index contributed by atoms with van der Waals surface area (Å²) in [4.78, 5) is 24.3. The Kier molecular flexibility index (Phi) is 6.57. The maximum atomic E-state index is 13.5. The molecule has 174 valence electrons. The Morgan fingerprint density at radius 3 is 2.18 bits per heavy atom. The van der Waals surface area contributed by atoms with E-state index < -0.39 is 23.5 Å². The highest BCUT2D eigenvalue weighted by molar-refractivity contribution is 6.03. The molecular weight excluding hydrogens is 440 g/mol. The lowest BCUT2D eigenvalue weighted by Crippen LogP contribution is -2.15. The lowest BCUT2D eigenvalue weighted by Gasteiger charge is -2.09. The lowest BCUT2D eigenvalue weighted by molar-refractivity contribution is -0.138. The minimum atomic E-state index is -4.70. The SMILES string of the molecule is CC(C)n1nc(-c2ccc(CC(=O)Cc3cc(F)cc(C(F)(F)F)c3)cc2)c(C(N)=O)c1N. The van der Waals surface area contributed by atoms with Gasteiger partial charge in [-0.3, -0.25) is 9.59 Å². The second-order valence-electron chi connectivity index (χ2n) is 7.95. The number of alkyl halides is 3. The summed E-state index contributed by atoms with van der Waals surface area (Å²) in [6, 6.07) is 8.53. The van der Waals surface area contributed by atoms with Crippen LogP contribution in [-0.4, -0.2) is 21.5 Å². The van der Waals surface area contributed by atoms with Crippen molar-refractivity contribution in [3.8, 4) is 11.3 Å². The summed E-state index contributed by atoms with van der Waals surface area (Å²) >= 11 is 0. The Hall–Kier alpha value is -3.69. The summed E-state index contributed by atoms with van der Waals surface area (Å²) in [6.45, 7) is 3.70. The zero-order chi connectivity index (χ0) is 24.5. The lowest BCUT2D eigenvalue weighted by atomic mass is 9.99. The third kappa shape index (κ3) is 5.39. The minimum absolute atomic E-state index is 0.0512. The summed E-state index contributed by atoms with van der Waals surface area (Å²) in [5.74, 6) is -2.00. The largest absolute Gasteiger partial charge is 0.416 e. The van der Waals surface area contributed by atoms with Gasteiger partial charge in [0.2, 0.25) is 0 Å². The first-order chi connectivity index (χ1) is 15.4. The fraction of sp³-hybridized carbons (Fsp3) is 0.261. The zero-order valence-corrected chi connectivity index (χ0v) is 17.9. The molecule has 4 N–H and O–H groups in total. The van der Waals surface area contributed by atoms with Crippen molar-refractivity contribution in [2.75, 3.05) is 5.73 Å². The van der Waals surface area contributed by atoms with Crippen LogP contribution in [0.3, 0.4) is 0 Å². The Labute approximate surface area is 187 Å². The van der Waals surface area contributed by atoms with Crippen LogP contribution in [0, 0.1) is 5.82 Å². The van der Waals surface area contributed by atoms with E-state index in [1.165, 1.54) is 4.68 Å². The number of primary amides is 1. The van der Waals surface area contributed by atoms with Crippen LogP contribution in [0.1, 0.15) is 46.9 Å². The number of hydrogen-bond donors (Lipinski definition) is 2. The summed E-state index contributed by atoms with van der Waals surface area (Å²) in [5, 5.41) is 4.38. The van der Waals surface area contributed by atoms with E-state index in [0.717, 1.165) is 12.1 Å². The first kappa shape index (κ1) is 24.0. The topological polar surface area (TPSA) is 104 Å². The molecule has 0 bridgehead atoms. The van der Waals surface area contributed by atoms with Crippen molar-refractivity contribution >= 4 is 17.5 Å². The molecule has 0 radical (unpaired) electrons. The van der Waals surface area contributed by atoms with Crippen LogP contribution in [-0.2, 0) is 23.8 Å². The van der Waals surface area contributed by atoms with Gasteiger partial charge in [-0.25, -0.2) is 9.07 Å². The number of nitrogens with zero attached hydrogens (tertiary/aromatic N) is 2. The molecule has 0 aliphatic rings. The molecule has 10 heteroatoms. The predicted octanol–water partition coefficient (Wildman–Crippen LogP) is 4.32. The molecule has 6 nitrogen and oxygen atoms in total. The van der Waals surface area contributed by atoms with E-state index in [1.54, 1.807) is 24.3 Å². The van der Waals surface area contributed by atoms with E-state index in [1.807, 2.05) is 13.8 Å². The average Bonchev–Trinajstić information content (AvgIpc) is 3.05. The third-order valence-electron chi connectivity index (χ3n) is 5.00. The van der Waals surface area contributed by atoms with Crippen molar-refractivity contribution in [2.24, 2.45) is 5.73 Å². The van der Waals surface area contributed by atoms with Gasteiger partial charge in [-0.1, -0.05) is 24.3 Å². The standard InChI is InChI=1S/C23H22F4N4O2/c1-12(2)31-21(28)19(22(29)33)20(30-31)15-5-3-13(4-6-15)9-18(32)10-14-7-16(23(25,26)27)11-17(24)8-14/h3-8,11-12H,9-10,28H2,1-2H3,(H2,29,33). The normalized spacial score (nSPS) is 11.7. The fourth-order valence-electron chi connectivity index (χ4n) is 3.50. The number of nitrogen functional groups attached to an aromatic ring is 1. The third-order valence-corrected chi connectivity index (χ3v) is 5.00. The number of carbonyl (C=O) groups is 2. The van der Waals surface area contributed by atoms with E-state index in [9.17, 15) is 27.2 Å². The highest BCUT2D eigenvalue weighted by atomic mass is 19.4. The van der Waals surface area contributed by atoms with E-state index in [-0.39, 0.29) is 41.6 Å². The van der Waals surface area contributed by atoms with Crippen molar-refractivity contribution in [3.05, 3.63) is 70.5 Å². The first-order valence-corrected chi connectivity index (χ1v) is 10.0. The monoisotopic (exact) mass is 462 g/mol. The second kappa shape index (κ2) is 9.05. The van der Waals surface area contributed by atoms with Crippen molar-refractivity contribution in [2.45, 2.75) is 38.9 Å². The van der Waals surface area contributed by atoms with Gasteiger partial charge in [0.15, 0.2) is 0 Å². The number of ketones is 1. The van der Waals surface area contributed by atoms with E-state index >= 15 is 0 Å². The van der Waals surface area contributed by atoms with Crippen LogP contribution in [0.25, 0.3) is 11.3 Å². The van der Waals surface area contributed by atoms with Crippen LogP contribution in [0.4, 0.5) is 23.4 Å². The molecule has 2 aromatic carbocycles. The van der Waals surface area contributed by atoms with E-state index in [0.29, 0.717) is 22.9 Å². The molecule has 0 aliphatic heterocycles. The number of hydrogen-bond acceptors (Lipinski definition) is 4. The maximum absolute atomic E-state index is 13.5. The van der Waals surface area contributed by atoms with E-state index in [4.69, 9.17) is 11.5 Å². The molecule has 1 amide bonds. The predicted molar refractivity (Wildman–Crippen MR) is 115 cm³/mol. The van der Waals surface area contributed by atoms with Gasteiger partial charge in [-0.15, -0.1) is 0 Å². The van der Waals surface area contributed by atoms with Gasteiger partial charge in [0.05, 0.1) is 5.56 Å². The van der Waals surface area contributed by atoms with Gasteiger partial charge >= 0.3 is 6.18 Å². The fourth-order valence-corrected chi connectivity index (χ4v) is 3.50. The van der Waals surface area contributed by atoms with Crippen LogP contribution >= 0.6 is 0 Å².